The quantitative estimate of drug-likeness (QED) is 0.281. The lowest BCUT2D eigenvalue weighted by molar-refractivity contribution is -0.353. The maximum absolute atomic E-state index is 13.3. The largest absolute Gasteiger partial charge is 0.497 e. The van der Waals surface area contributed by atoms with Gasteiger partial charge in [-0.15, -0.1) is 6.58 Å². The van der Waals surface area contributed by atoms with Crippen LogP contribution in [-0.2, 0) is 23.7 Å². The number of hydrogen-bond acceptors (Lipinski definition) is 8. The summed E-state index contributed by atoms with van der Waals surface area (Å²) in [5.41, 5.74) is 2.30. The van der Waals surface area contributed by atoms with Gasteiger partial charge in [0.15, 0.2) is 12.4 Å². The average Bonchev–Trinajstić information content (AvgIpc) is 2.98. The van der Waals surface area contributed by atoms with Gasteiger partial charge in [-0.2, -0.15) is 0 Å². The first-order valence-electron chi connectivity index (χ1n) is 12.8. The van der Waals surface area contributed by atoms with Crippen LogP contribution < -0.4 is 9.47 Å². The Labute approximate surface area is 228 Å². The van der Waals surface area contributed by atoms with Crippen LogP contribution in [0.25, 0.3) is 0 Å². The van der Waals surface area contributed by atoms with Crippen molar-refractivity contribution in [2.75, 3.05) is 20.3 Å². The first-order chi connectivity index (χ1) is 19.1. The first-order valence-corrected chi connectivity index (χ1v) is 12.8. The van der Waals surface area contributed by atoms with E-state index in [2.05, 4.69) is 6.58 Å². The van der Waals surface area contributed by atoms with E-state index in [1.165, 1.54) is 0 Å². The minimum absolute atomic E-state index is 0.210. The summed E-state index contributed by atoms with van der Waals surface area (Å²) in [6.07, 6.45) is -2.81. The summed E-state index contributed by atoms with van der Waals surface area (Å²) in [5.74, 6) is 0.671. The van der Waals surface area contributed by atoms with Crippen molar-refractivity contribution in [2.45, 2.75) is 43.9 Å². The summed E-state index contributed by atoms with van der Waals surface area (Å²) < 4.78 is 42.4. The van der Waals surface area contributed by atoms with Crippen LogP contribution in [0.2, 0.25) is 0 Å². The molecule has 204 valence electrons. The number of esters is 1. The molecule has 2 aliphatic heterocycles. The highest BCUT2D eigenvalue weighted by Gasteiger charge is 2.53. The molecule has 0 aliphatic carbocycles. The van der Waals surface area contributed by atoms with Crippen molar-refractivity contribution < 1.29 is 38.0 Å². The van der Waals surface area contributed by atoms with E-state index in [9.17, 15) is 4.79 Å². The Morgan fingerprint density at radius 2 is 1.67 bits per heavy atom. The van der Waals surface area contributed by atoms with E-state index in [-0.39, 0.29) is 13.2 Å². The fourth-order valence-corrected chi connectivity index (χ4v) is 4.58. The van der Waals surface area contributed by atoms with Gasteiger partial charge in [-0.05, 0) is 43.3 Å². The van der Waals surface area contributed by atoms with Gasteiger partial charge in [0.25, 0.3) is 0 Å². The number of fused-ring (bicyclic) bond motifs is 1. The fourth-order valence-electron chi connectivity index (χ4n) is 4.58. The summed E-state index contributed by atoms with van der Waals surface area (Å²) in [4.78, 5) is 13.3. The molecule has 0 saturated carbocycles. The van der Waals surface area contributed by atoms with Crippen LogP contribution in [0.5, 0.6) is 11.5 Å². The van der Waals surface area contributed by atoms with Crippen LogP contribution in [-0.4, -0.2) is 57.0 Å². The molecule has 8 nitrogen and oxygen atoms in total. The molecule has 8 heteroatoms. The lowest BCUT2D eigenvalue weighted by atomic mass is 9.97. The van der Waals surface area contributed by atoms with Gasteiger partial charge >= 0.3 is 5.97 Å². The Morgan fingerprint density at radius 3 is 2.36 bits per heavy atom. The summed E-state index contributed by atoms with van der Waals surface area (Å²) in [5, 5.41) is 0. The maximum atomic E-state index is 13.3. The number of methoxy groups -OCH3 is 1. The van der Waals surface area contributed by atoms with Crippen LogP contribution in [0.3, 0.4) is 0 Å². The van der Waals surface area contributed by atoms with Crippen molar-refractivity contribution >= 4 is 5.97 Å². The zero-order chi connectivity index (χ0) is 27.2. The van der Waals surface area contributed by atoms with E-state index in [0.717, 1.165) is 11.1 Å². The summed E-state index contributed by atoms with van der Waals surface area (Å²) in [6, 6.07) is 23.8. The van der Waals surface area contributed by atoms with Crippen molar-refractivity contribution in [3.05, 3.63) is 108 Å². The summed E-state index contributed by atoms with van der Waals surface area (Å²) >= 11 is 0. The molecule has 2 fully saturated rings. The maximum Gasteiger partial charge on any atom is 0.338 e. The molecule has 2 heterocycles. The number of aryl methyl sites for hydroxylation is 1. The minimum atomic E-state index is -0.996. The van der Waals surface area contributed by atoms with Gasteiger partial charge in [-0.1, -0.05) is 54.1 Å². The van der Waals surface area contributed by atoms with Gasteiger partial charge in [0.05, 0.1) is 25.9 Å². The topological polar surface area (TPSA) is 81.7 Å². The molecule has 0 amide bonds. The van der Waals surface area contributed by atoms with Crippen LogP contribution in [0.1, 0.15) is 27.8 Å². The number of hydrogen-bond donors (Lipinski definition) is 0. The number of carbonyl (C=O) groups is 1. The number of rotatable bonds is 9. The number of ether oxygens (including phenoxy) is 7. The van der Waals surface area contributed by atoms with Crippen molar-refractivity contribution in [2.24, 2.45) is 0 Å². The second-order valence-electron chi connectivity index (χ2n) is 9.34. The lowest BCUT2D eigenvalue weighted by Gasteiger charge is -2.48. The Bertz CT molecular complexity index is 1230. The van der Waals surface area contributed by atoms with E-state index in [4.69, 9.17) is 33.2 Å². The number of benzene rings is 3. The van der Waals surface area contributed by atoms with Gasteiger partial charge in [0, 0.05) is 5.56 Å². The highest BCUT2D eigenvalue weighted by atomic mass is 16.8. The summed E-state index contributed by atoms with van der Waals surface area (Å²) in [7, 11) is 1.59. The van der Waals surface area contributed by atoms with E-state index in [1.807, 2.05) is 49.4 Å². The Kier molecular flexibility index (Phi) is 8.58. The smallest absolute Gasteiger partial charge is 0.338 e. The van der Waals surface area contributed by atoms with E-state index in [0.29, 0.717) is 17.1 Å². The molecule has 1 unspecified atom stereocenters. The summed E-state index contributed by atoms with van der Waals surface area (Å²) in [6.45, 7) is 6.18. The molecular formula is C31H32O8. The molecule has 6 atom stereocenters. The average molecular weight is 533 g/mol. The second kappa shape index (κ2) is 12.4. The van der Waals surface area contributed by atoms with E-state index in [1.54, 1.807) is 49.6 Å². The third-order valence-electron chi connectivity index (χ3n) is 6.60. The molecule has 0 aromatic heterocycles. The molecule has 39 heavy (non-hydrogen) atoms. The van der Waals surface area contributed by atoms with Crippen LogP contribution >= 0.6 is 0 Å². The highest BCUT2D eigenvalue weighted by molar-refractivity contribution is 5.89. The molecule has 2 aliphatic rings. The Hall–Kier alpha value is -3.69. The van der Waals surface area contributed by atoms with Crippen LogP contribution in [0.15, 0.2) is 91.5 Å². The van der Waals surface area contributed by atoms with Crippen molar-refractivity contribution in [3.8, 4) is 11.5 Å². The molecule has 0 N–H and O–H groups in total. The predicted molar refractivity (Wildman–Crippen MR) is 143 cm³/mol. The molecule has 2 saturated heterocycles. The van der Waals surface area contributed by atoms with Crippen LogP contribution in [0, 0.1) is 6.92 Å². The molecule has 0 spiro atoms. The van der Waals surface area contributed by atoms with E-state index >= 15 is 0 Å². The Balaban J connectivity index is 1.45. The third-order valence-corrected chi connectivity index (χ3v) is 6.60. The molecule has 0 radical (unpaired) electrons. The molecule has 3 aromatic rings. The van der Waals surface area contributed by atoms with Gasteiger partial charge in [-0.25, -0.2) is 4.79 Å². The normalized spacial score (nSPS) is 26.2. The highest BCUT2D eigenvalue weighted by Crippen LogP contribution is 2.37. The van der Waals surface area contributed by atoms with E-state index < -0.39 is 43.0 Å². The molecule has 3 aromatic carbocycles. The molecular weight excluding hydrogens is 500 g/mol. The van der Waals surface area contributed by atoms with Crippen molar-refractivity contribution in [3.63, 3.8) is 0 Å². The molecule has 0 bridgehead atoms. The van der Waals surface area contributed by atoms with Gasteiger partial charge in [0.1, 0.15) is 29.8 Å². The second-order valence-corrected chi connectivity index (χ2v) is 9.34. The zero-order valence-corrected chi connectivity index (χ0v) is 21.9. The van der Waals surface area contributed by atoms with Crippen molar-refractivity contribution in [1.82, 2.24) is 0 Å². The molecule has 5 rings (SSSR count). The standard InChI is InChI=1S/C31H32O8/c1-4-18-34-27-26-25(19-35-30(39-26)22-8-6-5-7-9-22)37-31(36-24-16-14-23(33-3)15-17-24)28(27)38-29(32)21-12-10-20(2)11-13-21/h4-17,25-28,30-31H,1,18-19H2,2-3H3/t25-,26+,27+,28-,30?,31-/m1/s1. The van der Waals surface area contributed by atoms with Gasteiger partial charge in [0.2, 0.25) is 6.29 Å². The van der Waals surface area contributed by atoms with Crippen LogP contribution in [0.4, 0.5) is 0 Å². The lowest BCUT2D eigenvalue weighted by Crippen LogP contribution is -2.64. The fraction of sp³-hybridized carbons (Fsp3) is 0.323. The SMILES string of the molecule is C=CCO[C@H]1[C@H]2OC(c3ccccc3)OC[C@H]2O[C@@H](Oc2ccc(OC)cc2)[C@@H]1OC(=O)c1ccc(C)cc1. The minimum Gasteiger partial charge on any atom is -0.497 e. The Morgan fingerprint density at radius 1 is 0.949 bits per heavy atom. The predicted octanol–water partition coefficient (Wildman–Crippen LogP) is 5.02. The van der Waals surface area contributed by atoms with Gasteiger partial charge in [-0.3, -0.25) is 0 Å². The van der Waals surface area contributed by atoms with Crippen molar-refractivity contribution in [1.29, 1.82) is 0 Å². The zero-order valence-electron chi connectivity index (χ0n) is 21.9. The number of carbonyl (C=O) groups excluding carboxylic acids is 1. The van der Waals surface area contributed by atoms with Gasteiger partial charge < -0.3 is 33.2 Å². The first kappa shape index (κ1) is 26.9. The third kappa shape index (κ3) is 6.32. The monoisotopic (exact) mass is 532 g/mol.